The fourth-order valence-electron chi connectivity index (χ4n) is 4.88. The highest BCUT2D eigenvalue weighted by molar-refractivity contribution is 6.28. The fraction of sp³-hybridized carbons (Fsp3) is 0.522. The average Bonchev–Trinajstić information content (AvgIpc) is 3.14. The minimum absolute atomic E-state index is 0.0206. The van der Waals surface area contributed by atoms with Gasteiger partial charge in [-0.2, -0.15) is 13.2 Å². The third kappa shape index (κ3) is 4.79. The van der Waals surface area contributed by atoms with Gasteiger partial charge in [-0.1, -0.05) is 13.8 Å². The Morgan fingerprint density at radius 1 is 1.24 bits per heavy atom. The molecule has 0 radical (unpaired) electrons. The number of hydrogen-bond donors (Lipinski definition) is 3. The minimum atomic E-state index is -4.49. The smallest absolute Gasteiger partial charge is 0.399 e. The standard InChI is InChI=1S/C21H22ClF3N6O.C2H6/c22-19-29-16-8-31(18(32)12-4-20(5-12)9-27-10-20)7-15(16)17(30-19)28-6-11-1-13(21(23,24)25)3-14(26)2-11;1-2/h1-3,12,27H,4-10,26H2,(H,28,29,30);1-2H3. The lowest BCUT2D eigenvalue weighted by Crippen LogP contribution is -2.62. The van der Waals surface area contributed by atoms with Gasteiger partial charge >= 0.3 is 6.18 Å². The molecule has 3 aliphatic rings. The van der Waals surface area contributed by atoms with Crippen LogP contribution >= 0.6 is 11.6 Å². The molecule has 184 valence electrons. The molecule has 1 amide bonds. The zero-order valence-electron chi connectivity index (χ0n) is 19.1. The van der Waals surface area contributed by atoms with Crippen LogP contribution in [-0.4, -0.2) is 33.9 Å². The van der Waals surface area contributed by atoms with Crippen molar-refractivity contribution in [3.8, 4) is 0 Å². The Balaban J connectivity index is 0.00000133. The quantitative estimate of drug-likeness (QED) is 0.433. The summed E-state index contributed by atoms with van der Waals surface area (Å²) in [5, 5.41) is 6.34. The summed E-state index contributed by atoms with van der Waals surface area (Å²) in [7, 11) is 0. The molecule has 1 aliphatic carbocycles. The van der Waals surface area contributed by atoms with Gasteiger partial charge < -0.3 is 21.3 Å². The number of hydrogen-bond acceptors (Lipinski definition) is 6. The van der Waals surface area contributed by atoms with Gasteiger partial charge in [-0.25, -0.2) is 9.97 Å². The van der Waals surface area contributed by atoms with Gasteiger partial charge in [-0.05, 0) is 53.6 Å². The van der Waals surface area contributed by atoms with E-state index in [2.05, 4.69) is 20.6 Å². The van der Waals surface area contributed by atoms with Crippen molar-refractivity contribution in [2.24, 2.45) is 11.3 Å². The minimum Gasteiger partial charge on any atom is -0.399 e. The molecule has 1 spiro atoms. The number of nitrogen functional groups attached to an aromatic ring is 1. The van der Waals surface area contributed by atoms with Gasteiger partial charge in [-0.3, -0.25) is 4.79 Å². The van der Waals surface area contributed by atoms with Crippen LogP contribution in [0, 0.1) is 11.3 Å². The van der Waals surface area contributed by atoms with Crippen LogP contribution in [0.15, 0.2) is 18.2 Å². The first kappa shape index (κ1) is 24.5. The Kier molecular flexibility index (Phi) is 6.65. The van der Waals surface area contributed by atoms with Crippen molar-refractivity contribution >= 4 is 29.0 Å². The Hall–Kier alpha value is -2.59. The van der Waals surface area contributed by atoms with Crippen molar-refractivity contribution < 1.29 is 18.0 Å². The van der Waals surface area contributed by atoms with Crippen molar-refractivity contribution in [2.45, 2.75) is 52.5 Å². The van der Waals surface area contributed by atoms with E-state index in [-0.39, 0.29) is 29.3 Å². The molecule has 11 heteroatoms. The maximum Gasteiger partial charge on any atom is 0.416 e. The molecule has 1 aromatic carbocycles. The molecule has 0 bridgehead atoms. The molecular weight excluding hydrogens is 469 g/mol. The zero-order chi connectivity index (χ0) is 24.7. The van der Waals surface area contributed by atoms with Crippen LogP contribution < -0.4 is 16.4 Å². The van der Waals surface area contributed by atoms with Gasteiger partial charge in [0.05, 0.1) is 24.3 Å². The van der Waals surface area contributed by atoms with E-state index in [4.69, 9.17) is 17.3 Å². The molecular formula is C23H28ClF3N6O. The van der Waals surface area contributed by atoms with Crippen molar-refractivity contribution in [3.63, 3.8) is 0 Å². The van der Waals surface area contributed by atoms with E-state index < -0.39 is 11.7 Å². The first-order valence-corrected chi connectivity index (χ1v) is 11.7. The van der Waals surface area contributed by atoms with Crippen LogP contribution in [0.25, 0.3) is 0 Å². The molecule has 2 aliphatic heterocycles. The summed E-state index contributed by atoms with van der Waals surface area (Å²) >= 11 is 6.07. The number of carbonyl (C=O) groups is 1. The monoisotopic (exact) mass is 496 g/mol. The number of alkyl halides is 3. The Labute approximate surface area is 201 Å². The first-order chi connectivity index (χ1) is 16.1. The topological polar surface area (TPSA) is 96.2 Å². The predicted molar refractivity (Wildman–Crippen MR) is 124 cm³/mol. The molecule has 3 heterocycles. The number of carbonyl (C=O) groups excluding carboxylic acids is 1. The molecule has 0 unspecified atom stereocenters. The summed E-state index contributed by atoms with van der Waals surface area (Å²) in [4.78, 5) is 23.2. The van der Waals surface area contributed by atoms with Crippen molar-refractivity contribution in [3.05, 3.63) is 45.9 Å². The van der Waals surface area contributed by atoms with E-state index in [0.717, 1.165) is 43.6 Å². The van der Waals surface area contributed by atoms with Crippen molar-refractivity contribution in [1.82, 2.24) is 20.2 Å². The summed E-state index contributed by atoms with van der Waals surface area (Å²) in [6.07, 6.45) is -2.68. The van der Waals surface area contributed by atoms with E-state index in [0.29, 0.717) is 35.6 Å². The van der Waals surface area contributed by atoms with Crippen LogP contribution in [0.3, 0.4) is 0 Å². The maximum atomic E-state index is 13.1. The summed E-state index contributed by atoms with van der Waals surface area (Å²) < 4.78 is 39.2. The maximum absolute atomic E-state index is 13.1. The van der Waals surface area contributed by atoms with Gasteiger partial charge in [-0.15, -0.1) is 0 Å². The van der Waals surface area contributed by atoms with Gasteiger partial charge in [0.2, 0.25) is 11.2 Å². The summed E-state index contributed by atoms with van der Waals surface area (Å²) in [5.74, 6) is 0.548. The second-order valence-electron chi connectivity index (χ2n) is 8.98. The number of halogens is 4. The van der Waals surface area contributed by atoms with Gasteiger partial charge in [0.1, 0.15) is 5.82 Å². The lowest BCUT2D eigenvalue weighted by atomic mass is 9.58. The van der Waals surface area contributed by atoms with E-state index in [9.17, 15) is 18.0 Å². The van der Waals surface area contributed by atoms with Crippen LogP contribution in [0.1, 0.15) is 49.1 Å². The van der Waals surface area contributed by atoms with Crippen molar-refractivity contribution in [1.29, 1.82) is 0 Å². The number of benzene rings is 1. The van der Waals surface area contributed by atoms with E-state index in [1.54, 1.807) is 4.90 Å². The zero-order valence-corrected chi connectivity index (χ0v) is 19.9. The molecule has 0 atom stereocenters. The number of aromatic nitrogens is 2. The Bertz CT molecular complexity index is 1080. The Morgan fingerprint density at radius 3 is 2.56 bits per heavy atom. The highest BCUT2D eigenvalue weighted by Gasteiger charge is 2.52. The third-order valence-corrected chi connectivity index (χ3v) is 6.75. The molecule has 5 rings (SSSR count). The van der Waals surface area contributed by atoms with E-state index in [1.807, 2.05) is 13.8 Å². The summed E-state index contributed by atoms with van der Waals surface area (Å²) in [6.45, 7) is 6.72. The van der Waals surface area contributed by atoms with Gasteiger partial charge in [0.25, 0.3) is 0 Å². The number of nitrogens with two attached hydrogens (primary N) is 1. The molecule has 1 aromatic heterocycles. The first-order valence-electron chi connectivity index (χ1n) is 11.4. The summed E-state index contributed by atoms with van der Waals surface area (Å²) in [6, 6.07) is 3.42. The third-order valence-electron chi connectivity index (χ3n) is 6.58. The van der Waals surface area contributed by atoms with Crippen LogP contribution in [0.5, 0.6) is 0 Å². The number of nitrogens with one attached hydrogen (secondary N) is 2. The van der Waals surface area contributed by atoms with Gasteiger partial charge in [0, 0.05) is 36.8 Å². The lowest BCUT2D eigenvalue weighted by molar-refractivity contribution is -0.146. The second-order valence-corrected chi connectivity index (χ2v) is 9.32. The number of anilines is 2. The van der Waals surface area contributed by atoms with Gasteiger partial charge in [0.15, 0.2) is 0 Å². The lowest BCUT2D eigenvalue weighted by Gasteiger charge is -2.54. The van der Waals surface area contributed by atoms with Crippen LogP contribution in [0.2, 0.25) is 5.28 Å². The molecule has 34 heavy (non-hydrogen) atoms. The molecule has 1 saturated carbocycles. The van der Waals surface area contributed by atoms with E-state index in [1.165, 1.54) is 6.07 Å². The largest absolute Gasteiger partial charge is 0.416 e. The van der Waals surface area contributed by atoms with Crippen LogP contribution in [-0.2, 0) is 30.6 Å². The molecule has 4 N–H and O–H groups in total. The Morgan fingerprint density at radius 2 is 1.94 bits per heavy atom. The highest BCUT2D eigenvalue weighted by Crippen LogP contribution is 2.49. The predicted octanol–water partition coefficient (Wildman–Crippen LogP) is 4.21. The number of amides is 1. The molecule has 7 nitrogen and oxygen atoms in total. The number of fused-ring (bicyclic) bond motifs is 1. The van der Waals surface area contributed by atoms with E-state index >= 15 is 0 Å². The average molecular weight is 497 g/mol. The number of nitrogens with zero attached hydrogens (tertiary/aromatic N) is 3. The normalized spacial score (nSPS) is 18.5. The van der Waals surface area contributed by atoms with Crippen LogP contribution in [0.4, 0.5) is 24.7 Å². The molecule has 2 aromatic rings. The summed E-state index contributed by atoms with van der Waals surface area (Å²) in [5.41, 5.74) is 6.92. The second kappa shape index (κ2) is 9.22. The molecule has 1 saturated heterocycles. The highest BCUT2D eigenvalue weighted by atomic mass is 35.5. The molecule has 2 fully saturated rings. The fourth-order valence-corrected chi connectivity index (χ4v) is 5.07. The SMILES string of the molecule is CC.Nc1cc(CNc2nc(Cl)nc3c2CN(C(=O)C2CC4(CNC4)C2)C3)cc(C(F)(F)F)c1. The van der Waals surface area contributed by atoms with Crippen molar-refractivity contribution in [2.75, 3.05) is 24.1 Å². The number of rotatable bonds is 4.